The number of carbonyl (C=O) groups is 1. The number of sulfone groups is 1. The predicted octanol–water partition coefficient (Wildman–Crippen LogP) is 2.74. The Labute approximate surface area is 160 Å². The van der Waals surface area contributed by atoms with E-state index in [0.29, 0.717) is 17.0 Å². The Hall–Kier alpha value is -3.20. The molecule has 0 atom stereocenters. The molecular formula is C19H16FN3O4S. The van der Waals surface area contributed by atoms with Crippen LogP contribution in [0.2, 0.25) is 0 Å². The van der Waals surface area contributed by atoms with Crippen molar-refractivity contribution >= 4 is 21.4 Å². The van der Waals surface area contributed by atoms with Crippen molar-refractivity contribution in [2.24, 2.45) is 0 Å². The molecule has 2 aromatic carbocycles. The molecule has 0 radical (unpaired) electrons. The molecule has 0 unspecified atom stereocenters. The van der Waals surface area contributed by atoms with Crippen LogP contribution in [-0.2, 0) is 16.4 Å². The highest BCUT2D eigenvalue weighted by Gasteiger charge is 2.35. The molecule has 1 aromatic heterocycles. The number of benzene rings is 2. The maximum Gasteiger partial charge on any atom is 0.274 e. The highest BCUT2D eigenvalue weighted by atomic mass is 32.2. The molecule has 2 heterocycles. The normalized spacial score (nSPS) is 14.5. The van der Waals surface area contributed by atoms with E-state index in [-0.39, 0.29) is 28.8 Å². The number of carbonyl (C=O) groups excluding carboxylic acids is 1. The van der Waals surface area contributed by atoms with E-state index in [2.05, 4.69) is 10.3 Å². The molecule has 4 rings (SSSR count). The van der Waals surface area contributed by atoms with Gasteiger partial charge in [0.2, 0.25) is 15.0 Å². The van der Waals surface area contributed by atoms with E-state index in [1.807, 2.05) is 0 Å². The molecule has 144 valence electrons. The molecule has 7 nitrogen and oxygen atoms in total. The van der Waals surface area contributed by atoms with Gasteiger partial charge in [-0.2, -0.15) is 0 Å². The van der Waals surface area contributed by atoms with Crippen LogP contribution in [0.1, 0.15) is 10.5 Å². The van der Waals surface area contributed by atoms with Crippen LogP contribution >= 0.6 is 0 Å². The molecule has 9 heteroatoms. The predicted molar refractivity (Wildman–Crippen MR) is 101 cm³/mol. The quantitative estimate of drug-likeness (QED) is 0.726. The van der Waals surface area contributed by atoms with Crippen LogP contribution < -0.4 is 10.1 Å². The first kappa shape index (κ1) is 18.2. The number of methoxy groups -OCH3 is 1. The Bertz CT molecular complexity index is 1150. The Morgan fingerprint density at radius 2 is 1.82 bits per heavy atom. The van der Waals surface area contributed by atoms with Crippen molar-refractivity contribution in [3.05, 3.63) is 60.0 Å². The fraction of sp³-hybridized carbons (Fsp3) is 0.158. The van der Waals surface area contributed by atoms with Gasteiger partial charge in [0.05, 0.1) is 12.9 Å². The maximum atomic E-state index is 13.1. The molecule has 0 spiro atoms. The summed E-state index contributed by atoms with van der Waals surface area (Å²) in [4.78, 5) is 17.2. The first-order valence-electron chi connectivity index (χ1n) is 8.44. The maximum absolute atomic E-state index is 13.1. The van der Waals surface area contributed by atoms with E-state index in [9.17, 15) is 17.6 Å². The van der Waals surface area contributed by atoms with Gasteiger partial charge in [0.1, 0.15) is 23.0 Å². The fourth-order valence-electron chi connectivity index (χ4n) is 3.08. The standard InChI is InChI=1S/C19H16FN3O4S/c1-27-15-8-2-12(3-9-15)16-17(23-10-11-28(25,26)19(23)22-16)18(24)21-14-6-4-13(20)5-7-14/h2-9H,10-11H2,1H3,(H,21,24). The largest absolute Gasteiger partial charge is 0.497 e. The summed E-state index contributed by atoms with van der Waals surface area (Å²) in [7, 11) is -2.01. The number of fused-ring (bicyclic) bond motifs is 1. The van der Waals surface area contributed by atoms with Crippen LogP contribution in [0.5, 0.6) is 5.75 Å². The number of halogens is 1. The Kier molecular flexibility index (Phi) is 4.38. The third kappa shape index (κ3) is 3.13. The van der Waals surface area contributed by atoms with Crippen molar-refractivity contribution in [2.45, 2.75) is 11.7 Å². The molecule has 3 aromatic rings. The molecule has 1 amide bonds. The Balaban J connectivity index is 1.80. The molecule has 1 N–H and O–H groups in total. The average molecular weight is 401 g/mol. The Morgan fingerprint density at radius 1 is 1.14 bits per heavy atom. The number of imidazole rings is 1. The number of anilines is 1. The lowest BCUT2D eigenvalue weighted by atomic mass is 10.1. The van der Waals surface area contributed by atoms with Gasteiger partial charge in [0.25, 0.3) is 5.91 Å². The number of amides is 1. The molecule has 0 fully saturated rings. The highest BCUT2D eigenvalue weighted by molar-refractivity contribution is 7.91. The van der Waals surface area contributed by atoms with Crippen LogP contribution in [0.3, 0.4) is 0 Å². The summed E-state index contributed by atoms with van der Waals surface area (Å²) in [5.74, 6) is -0.420. The van der Waals surface area contributed by atoms with Gasteiger partial charge in [0, 0.05) is 17.8 Å². The van der Waals surface area contributed by atoms with E-state index in [1.165, 1.54) is 35.9 Å². The minimum Gasteiger partial charge on any atom is -0.497 e. The third-order valence-electron chi connectivity index (χ3n) is 4.47. The van der Waals surface area contributed by atoms with Crippen molar-refractivity contribution in [3.63, 3.8) is 0 Å². The number of nitrogens with zero attached hydrogens (tertiary/aromatic N) is 2. The lowest BCUT2D eigenvalue weighted by Crippen LogP contribution is -2.17. The van der Waals surface area contributed by atoms with Gasteiger partial charge in [0.15, 0.2) is 0 Å². The molecule has 0 aliphatic carbocycles. The molecule has 0 saturated heterocycles. The minimum atomic E-state index is -3.54. The fourth-order valence-corrected chi connectivity index (χ4v) is 4.44. The number of nitrogens with one attached hydrogen (secondary N) is 1. The number of hydrogen-bond donors (Lipinski definition) is 1. The van der Waals surface area contributed by atoms with Gasteiger partial charge in [-0.15, -0.1) is 0 Å². The Morgan fingerprint density at radius 3 is 2.46 bits per heavy atom. The van der Waals surface area contributed by atoms with Crippen molar-refractivity contribution in [1.82, 2.24) is 9.55 Å². The average Bonchev–Trinajstić information content (AvgIpc) is 3.21. The second-order valence-corrected chi connectivity index (χ2v) is 8.25. The minimum absolute atomic E-state index is 0.102. The lowest BCUT2D eigenvalue weighted by molar-refractivity contribution is 0.101. The third-order valence-corrected chi connectivity index (χ3v) is 6.06. The number of rotatable bonds is 4. The smallest absolute Gasteiger partial charge is 0.274 e. The van der Waals surface area contributed by atoms with E-state index in [4.69, 9.17) is 4.74 Å². The summed E-state index contributed by atoms with van der Waals surface area (Å²) in [5, 5.41) is 2.55. The van der Waals surface area contributed by atoms with E-state index >= 15 is 0 Å². The second kappa shape index (κ2) is 6.75. The van der Waals surface area contributed by atoms with Gasteiger partial charge in [-0.1, -0.05) is 0 Å². The first-order chi connectivity index (χ1) is 13.4. The van der Waals surface area contributed by atoms with E-state index in [0.717, 1.165) is 0 Å². The van der Waals surface area contributed by atoms with Gasteiger partial charge in [-0.3, -0.25) is 4.79 Å². The molecule has 1 aliphatic heterocycles. The lowest BCUT2D eigenvalue weighted by Gasteiger charge is -2.09. The van der Waals surface area contributed by atoms with Crippen molar-refractivity contribution < 1.29 is 22.3 Å². The van der Waals surface area contributed by atoms with Crippen LogP contribution in [-0.4, -0.2) is 36.7 Å². The zero-order chi connectivity index (χ0) is 19.9. The van der Waals surface area contributed by atoms with Crippen molar-refractivity contribution in [1.29, 1.82) is 0 Å². The van der Waals surface area contributed by atoms with E-state index in [1.54, 1.807) is 24.3 Å². The van der Waals surface area contributed by atoms with Crippen molar-refractivity contribution in [2.75, 3.05) is 18.2 Å². The molecule has 1 aliphatic rings. The zero-order valence-electron chi connectivity index (χ0n) is 14.8. The zero-order valence-corrected chi connectivity index (χ0v) is 15.7. The summed E-state index contributed by atoms with van der Waals surface area (Å²) in [6.07, 6.45) is 0. The molecule has 28 heavy (non-hydrogen) atoms. The summed E-state index contributed by atoms with van der Waals surface area (Å²) in [6.45, 7) is 0.146. The van der Waals surface area contributed by atoms with Crippen molar-refractivity contribution in [3.8, 4) is 17.0 Å². The van der Waals surface area contributed by atoms with E-state index < -0.39 is 21.6 Å². The van der Waals surface area contributed by atoms with Crippen LogP contribution in [0, 0.1) is 5.82 Å². The van der Waals surface area contributed by atoms with Gasteiger partial charge in [-0.05, 0) is 48.5 Å². The number of hydrogen-bond acceptors (Lipinski definition) is 5. The highest BCUT2D eigenvalue weighted by Crippen LogP contribution is 2.31. The first-order valence-corrected chi connectivity index (χ1v) is 10.1. The van der Waals surface area contributed by atoms with Gasteiger partial charge < -0.3 is 14.6 Å². The van der Waals surface area contributed by atoms with Crippen LogP contribution in [0.25, 0.3) is 11.3 Å². The molecule has 0 bridgehead atoms. The number of aromatic nitrogens is 2. The molecular weight excluding hydrogens is 385 g/mol. The summed E-state index contributed by atoms with van der Waals surface area (Å²) >= 11 is 0. The summed E-state index contributed by atoms with van der Waals surface area (Å²) < 4.78 is 44.2. The second-order valence-electron chi connectivity index (χ2n) is 6.25. The van der Waals surface area contributed by atoms with Gasteiger partial charge >= 0.3 is 0 Å². The summed E-state index contributed by atoms with van der Waals surface area (Å²) in [6, 6.07) is 12.1. The monoisotopic (exact) mass is 401 g/mol. The molecule has 0 saturated carbocycles. The summed E-state index contributed by atoms with van der Waals surface area (Å²) in [5.41, 5.74) is 1.39. The number of ether oxygens (including phenoxy) is 1. The SMILES string of the molecule is COc1ccc(-c2nc3n(c2C(=O)Nc2ccc(F)cc2)CCS3(=O)=O)cc1. The van der Waals surface area contributed by atoms with Crippen LogP contribution in [0.4, 0.5) is 10.1 Å². The van der Waals surface area contributed by atoms with Crippen LogP contribution in [0.15, 0.2) is 53.7 Å². The topological polar surface area (TPSA) is 90.3 Å². The van der Waals surface area contributed by atoms with Gasteiger partial charge in [-0.25, -0.2) is 17.8 Å².